The van der Waals surface area contributed by atoms with E-state index in [9.17, 15) is 4.79 Å². The van der Waals surface area contributed by atoms with E-state index >= 15 is 0 Å². The Bertz CT molecular complexity index is 4240. The van der Waals surface area contributed by atoms with Gasteiger partial charge in [0.1, 0.15) is 0 Å². The topological polar surface area (TPSA) is 31.3 Å². The minimum Gasteiger partial charge on any atom is -0.307 e. The summed E-state index contributed by atoms with van der Waals surface area (Å²) in [6, 6.07) is 72.0. The van der Waals surface area contributed by atoms with Crippen LogP contribution in [0.4, 0.5) is 0 Å². The summed E-state index contributed by atoms with van der Waals surface area (Å²) >= 11 is 0. The van der Waals surface area contributed by atoms with E-state index in [0.29, 0.717) is 0 Å². The van der Waals surface area contributed by atoms with Gasteiger partial charge in [-0.05, 0) is 92.7 Å². The van der Waals surface area contributed by atoms with E-state index in [-0.39, 0.29) is 5.56 Å². The third-order valence-corrected chi connectivity index (χ3v) is 13.3. The number of benzene rings is 10. The van der Waals surface area contributed by atoms with Crippen LogP contribution < -0.4 is 5.56 Å². The van der Waals surface area contributed by atoms with Crippen molar-refractivity contribution in [2.75, 3.05) is 0 Å². The van der Waals surface area contributed by atoms with Crippen LogP contribution in [0.2, 0.25) is 0 Å². The average molecular weight is 776 g/mol. The van der Waals surface area contributed by atoms with Gasteiger partial charge in [-0.1, -0.05) is 146 Å². The number of rotatable bonds is 3. The molecule has 0 saturated carbocycles. The monoisotopic (exact) mass is 775 g/mol. The number of para-hydroxylation sites is 4. The Labute approximate surface area is 348 Å². The highest BCUT2D eigenvalue weighted by Gasteiger charge is 2.23. The molecule has 4 aromatic heterocycles. The Hall–Kier alpha value is -8.21. The van der Waals surface area contributed by atoms with Crippen molar-refractivity contribution in [3.05, 3.63) is 211 Å². The highest BCUT2D eigenvalue weighted by molar-refractivity contribution is 6.26. The SMILES string of the molecule is O=c1c2ccccc2c2ccc(-c3ccc4ccc5cc(-n6c7ccccc7c7ccc8c9ccccc9n(-c9ccccc9)c8c76)ccc5c4c3)c3c4ccccc4n1c23. The molecule has 4 heterocycles. The molecule has 0 saturated heterocycles. The van der Waals surface area contributed by atoms with Crippen LogP contribution in [-0.2, 0) is 0 Å². The van der Waals surface area contributed by atoms with Crippen molar-refractivity contribution < 1.29 is 0 Å². The Morgan fingerprint density at radius 2 is 0.852 bits per heavy atom. The predicted molar refractivity (Wildman–Crippen MR) is 256 cm³/mol. The molecule has 0 radical (unpaired) electrons. The fourth-order valence-corrected chi connectivity index (χ4v) is 10.8. The van der Waals surface area contributed by atoms with Crippen LogP contribution in [0.1, 0.15) is 0 Å². The average Bonchev–Trinajstić information content (AvgIpc) is 3.97. The zero-order chi connectivity index (χ0) is 39.9. The molecule has 0 spiro atoms. The van der Waals surface area contributed by atoms with Crippen LogP contribution in [0, 0.1) is 0 Å². The zero-order valence-electron chi connectivity index (χ0n) is 32.8. The van der Waals surface area contributed by atoms with Gasteiger partial charge in [0.25, 0.3) is 5.56 Å². The summed E-state index contributed by atoms with van der Waals surface area (Å²) < 4.78 is 6.85. The summed E-state index contributed by atoms with van der Waals surface area (Å²) in [5, 5.41) is 14.7. The molecule has 0 bridgehead atoms. The van der Waals surface area contributed by atoms with Crippen LogP contribution in [0.5, 0.6) is 0 Å². The second-order valence-electron chi connectivity index (χ2n) is 16.4. The lowest BCUT2D eigenvalue weighted by Crippen LogP contribution is -2.12. The van der Waals surface area contributed by atoms with Crippen molar-refractivity contribution in [1.82, 2.24) is 13.5 Å². The molecule has 0 atom stereocenters. The van der Waals surface area contributed by atoms with E-state index in [1.54, 1.807) is 0 Å². The van der Waals surface area contributed by atoms with Crippen molar-refractivity contribution in [3.8, 4) is 22.5 Å². The number of fused-ring (bicyclic) bond motifs is 15. The molecule has 0 aliphatic heterocycles. The fraction of sp³-hybridized carbons (Fsp3) is 0. The minimum atomic E-state index is 0.0253. The van der Waals surface area contributed by atoms with Crippen molar-refractivity contribution in [1.29, 1.82) is 0 Å². The maximum absolute atomic E-state index is 14.1. The first-order valence-corrected chi connectivity index (χ1v) is 20.9. The molecular formula is C57H33N3O. The minimum absolute atomic E-state index is 0.0253. The molecule has 0 aliphatic carbocycles. The highest BCUT2D eigenvalue weighted by atomic mass is 16.1. The van der Waals surface area contributed by atoms with Gasteiger partial charge >= 0.3 is 0 Å². The van der Waals surface area contributed by atoms with Crippen LogP contribution in [0.25, 0.3) is 126 Å². The number of hydrogen-bond acceptors (Lipinski definition) is 1. The highest BCUT2D eigenvalue weighted by Crippen LogP contribution is 2.44. The van der Waals surface area contributed by atoms with Crippen LogP contribution in [0.3, 0.4) is 0 Å². The lowest BCUT2D eigenvalue weighted by Gasteiger charge is -2.14. The molecule has 0 amide bonds. The number of hydrogen-bond donors (Lipinski definition) is 0. The number of nitrogens with zero attached hydrogens (tertiary/aromatic N) is 3. The molecule has 0 unspecified atom stereocenters. The van der Waals surface area contributed by atoms with E-state index in [4.69, 9.17) is 0 Å². The third-order valence-electron chi connectivity index (χ3n) is 13.3. The Morgan fingerprint density at radius 1 is 0.311 bits per heavy atom. The van der Waals surface area contributed by atoms with E-state index in [1.807, 2.05) is 28.7 Å². The largest absolute Gasteiger partial charge is 0.307 e. The van der Waals surface area contributed by atoms with E-state index in [0.717, 1.165) is 60.5 Å². The normalized spacial score (nSPS) is 12.3. The quantitative estimate of drug-likeness (QED) is 0.164. The van der Waals surface area contributed by atoms with Crippen molar-refractivity contribution in [2.24, 2.45) is 0 Å². The van der Waals surface area contributed by atoms with Gasteiger partial charge in [-0.3, -0.25) is 9.20 Å². The molecule has 0 N–H and O–H groups in total. The maximum Gasteiger partial charge on any atom is 0.263 e. The molecule has 14 aromatic rings. The molecule has 0 fully saturated rings. The first-order valence-electron chi connectivity index (χ1n) is 20.9. The van der Waals surface area contributed by atoms with Crippen LogP contribution in [-0.4, -0.2) is 13.5 Å². The Morgan fingerprint density at radius 3 is 1.59 bits per heavy atom. The summed E-state index contributed by atoms with van der Waals surface area (Å²) in [5.74, 6) is 0. The lowest BCUT2D eigenvalue weighted by molar-refractivity contribution is 1.15. The van der Waals surface area contributed by atoms with E-state index < -0.39 is 0 Å². The van der Waals surface area contributed by atoms with Crippen molar-refractivity contribution in [3.63, 3.8) is 0 Å². The Balaban J connectivity index is 1.02. The van der Waals surface area contributed by atoms with Gasteiger partial charge < -0.3 is 9.13 Å². The maximum atomic E-state index is 14.1. The molecular weight excluding hydrogens is 743 g/mol. The standard InChI is InChI=1S/C57H33N3O/c61-57-47-17-5-4-14-41(47)44-29-28-40(53-48-18-8-11-21-52(48)60(57)54(44)53)36-25-23-34-22-24-35-32-38(26-27-39(35)49(34)33-36)59-51-20-10-7-16-43(51)46-31-30-45-42-15-6-9-19-50(42)58(55(45)56(46)59)37-12-2-1-3-13-37/h1-33H. The molecule has 4 heteroatoms. The molecule has 282 valence electrons. The van der Waals surface area contributed by atoms with Crippen molar-refractivity contribution in [2.45, 2.75) is 0 Å². The molecule has 0 aliphatic rings. The molecule has 14 rings (SSSR count). The van der Waals surface area contributed by atoms with Gasteiger partial charge in [0.2, 0.25) is 0 Å². The second-order valence-corrected chi connectivity index (χ2v) is 16.4. The molecule has 10 aromatic carbocycles. The summed E-state index contributed by atoms with van der Waals surface area (Å²) in [5.41, 5.74) is 11.2. The van der Waals surface area contributed by atoms with E-state index in [1.165, 1.54) is 65.2 Å². The molecule has 61 heavy (non-hydrogen) atoms. The first-order chi connectivity index (χ1) is 30.2. The summed E-state index contributed by atoms with van der Waals surface area (Å²) in [7, 11) is 0. The summed E-state index contributed by atoms with van der Waals surface area (Å²) in [6.07, 6.45) is 0. The fourth-order valence-electron chi connectivity index (χ4n) is 10.8. The third kappa shape index (κ3) is 4.30. The summed E-state index contributed by atoms with van der Waals surface area (Å²) in [6.45, 7) is 0. The second kappa shape index (κ2) is 11.9. The summed E-state index contributed by atoms with van der Waals surface area (Å²) in [4.78, 5) is 14.1. The van der Waals surface area contributed by atoms with Gasteiger partial charge in [-0.2, -0.15) is 0 Å². The first kappa shape index (κ1) is 32.7. The van der Waals surface area contributed by atoms with Gasteiger partial charge in [0.05, 0.1) is 33.1 Å². The predicted octanol–water partition coefficient (Wildman–Crippen LogP) is 14.4. The number of pyridine rings is 1. The smallest absolute Gasteiger partial charge is 0.263 e. The van der Waals surface area contributed by atoms with Crippen molar-refractivity contribution >= 4 is 103 Å². The van der Waals surface area contributed by atoms with E-state index in [2.05, 4.69) is 185 Å². The number of aromatic nitrogens is 3. The van der Waals surface area contributed by atoms with Gasteiger partial charge in [0, 0.05) is 54.5 Å². The van der Waals surface area contributed by atoms with Gasteiger partial charge in [-0.15, -0.1) is 0 Å². The lowest BCUT2D eigenvalue weighted by atomic mass is 9.93. The van der Waals surface area contributed by atoms with Crippen LogP contribution in [0.15, 0.2) is 205 Å². The Kier molecular flexibility index (Phi) is 6.40. The van der Waals surface area contributed by atoms with Gasteiger partial charge in [-0.25, -0.2) is 0 Å². The molecule has 4 nitrogen and oxygen atoms in total. The zero-order valence-corrected chi connectivity index (χ0v) is 32.8. The van der Waals surface area contributed by atoms with Gasteiger partial charge in [0.15, 0.2) is 0 Å². The van der Waals surface area contributed by atoms with Crippen LogP contribution >= 0.6 is 0 Å².